The van der Waals surface area contributed by atoms with Gasteiger partial charge in [0.2, 0.25) is 11.7 Å². The number of hydrogen-bond acceptors (Lipinski definition) is 13. The number of rotatable bonds is 7. The van der Waals surface area contributed by atoms with Crippen molar-refractivity contribution >= 4 is 29.7 Å². The SMILES string of the molecule is COC(=O)[C@@]12OC[C@]34C([C@@H](O)[C@@H]1O)[C@@]1(C)CC(=O)C(OC(=O)C[C@@H](N)C(C)C)=C(C)C1C[C@H]3OC(=O)[C@H](OC(=O)C=C(C)C)[C@@H]24. The van der Waals surface area contributed by atoms with Crippen LogP contribution in [-0.4, -0.2) is 89.6 Å². The first-order chi connectivity index (χ1) is 21.0. The summed E-state index contributed by atoms with van der Waals surface area (Å²) in [6, 6.07) is -0.467. The number of allylic oxidation sites excluding steroid dienone is 3. The van der Waals surface area contributed by atoms with Crippen molar-refractivity contribution in [2.75, 3.05) is 13.7 Å². The van der Waals surface area contributed by atoms with E-state index in [2.05, 4.69) is 0 Å². The highest BCUT2D eigenvalue weighted by molar-refractivity contribution is 5.98. The van der Waals surface area contributed by atoms with E-state index in [1.165, 1.54) is 6.08 Å². The molecule has 1 spiro atoms. The highest BCUT2D eigenvalue weighted by Gasteiger charge is 2.85. The van der Waals surface area contributed by atoms with E-state index in [9.17, 15) is 34.2 Å². The summed E-state index contributed by atoms with van der Waals surface area (Å²) < 4.78 is 28.4. The largest absolute Gasteiger partial charge is 0.467 e. The Hall–Kier alpha value is -3.13. The van der Waals surface area contributed by atoms with Crippen LogP contribution in [-0.2, 0) is 47.7 Å². The molecule has 0 aromatic carbocycles. The lowest BCUT2D eigenvalue weighted by atomic mass is 9.38. The zero-order valence-corrected chi connectivity index (χ0v) is 26.7. The molecule has 13 heteroatoms. The normalized spacial score (nSPS) is 40.6. The lowest BCUT2D eigenvalue weighted by Gasteiger charge is -2.67. The Morgan fingerprint density at radius 3 is 2.42 bits per heavy atom. The van der Waals surface area contributed by atoms with Crippen LogP contribution >= 0.6 is 0 Å². The first kappa shape index (κ1) is 33.2. The molecular formula is C32H43NO12. The maximum Gasteiger partial charge on any atom is 0.348 e. The zero-order chi connectivity index (χ0) is 33.4. The Morgan fingerprint density at radius 1 is 1.16 bits per heavy atom. The molecule has 0 radical (unpaired) electrons. The van der Waals surface area contributed by atoms with Gasteiger partial charge in [-0.05, 0) is 50.0 Å². The van der Waals surface area contributed by atoms with E-state index in [0.717, 1.165) is 7.11 Å². The Kier molecular flexibility index (Phi) is 8.34. The molecule has 5 rings (SSSR count). The van der Waals surface area contributed by atoms with Gasteiger partial charge >= 0.3 is 23.9 Å². The molecule has 45 heavy (non-hydrogen) atoms. The van der Waals surface area contributed by atoms with Gasteiger partial charge in [-0.2, -0.15) is 0 Å². The number of aliphatic hydroxyl groups excluding tert-OH is 2. The molecule has 0 aromatic rings. The summed E-state index contributed by atoms with van der Waals surface area (Å²) in [5.41, 5.74) is 2.37. The maximum absolute atomic E-state index is 13.7. The molecular weight excluding hydrogens is 590 g/mol. The Bertz CT molecular complexity index is 1380. The van der Waals surface area contributed by atoms with Crippen LogP contribution in [0.15, 0.2) is 23.0 Å². The van der Waals surface area contributed by atoms with Gasteiger partial charge in [0.25, 0.3) is 0 Å². The van der Waals surface area contributed by atoms with Crippen molar-refractivity contribution in [1.82, 2.24) is 0 Å². The molecule has 5 aliphatic rings. The van der Waals surface area contributed by atoms with Crippen LogP contribution < -0.4 is 5.73 Å². The first-order valence-electron chi connectivity index (χ1n) is 15.3. The van der Waals surface area contributed by atoms with Crippen molar-refractivity contribution in [2.45, 2.75) is 96.9 Å². The van der Waals surface area contributed by atoms with Crippen molar-refractivity contribution in [3.63, 3.8) is 0 Å². The highest BCUT2D eigenvalue weighted by atomic mass is 16.6. The maximum atomic E-state index is 13.7. The van der Waals surface area contributed by atoms with Gasteiger partial charge in [0, 0.05) is 29.9 Å². The van der Waals surface area contributed by atoms with Crippen LogP contribution in [0.2, 0.25) is 0 Å². The molecule has 2 saturated carbocycles. The van der Waals surface area contributed by atoms with E-state index in [4.69, 9.17) is 29.4 Å². The van der Waals surface area contributed by atoms with E-state index in [0.29, 0.717) is 11.1 Å². The van der Waals surface area contributed by atoms with Gasteiger partial charge in [0.1, 0.15) is 12.2 Å². The van der Waals surface area contributed by atoms with Gasteiger partial charge in [-0.1, -0.05) is 26.3 Å². The minimum absolute atomic E-state index is 0.0107. The molecule has 11 atom stereocenters. The molecule has 2 heterocycles. The summed E-state index contributed by atoms with van der Waals surface area (Å²) >= 11 is 0. The van der Waals surface area contributed by atoms with Crippen molar-refractivity contribution in [2.24, 2.45) is 40.2 Å². The summed E-state index contributed by atoms with van der Waals surface area (Å²) in [5.74, 6) is -6.92. The number of fused-ring (bicyclic) bond motifs is 2. The summed E-state index contributed by atoms with van der Waals surface area (Å²) in [6.07, 6.45) is -5.21. The number of esters is 4. The Labute approximate surface area is 261 Å². The predicted octanol–water partition coefficient (Wildman–Crippen LogP) is 0.876. The van der Waals surface area contributed by atoms with Crippen molar-refractivity contribution < 1.29 is 57.9 Å². The summed E-state index contributed by atoms with van der Waals surface area (Å²) in [4.78, 5) is 66.5. The number of ketones is 1. The lowest BCUT2D eigenvalue weighted by molar-refractivity contribution is -0.290. The number of aliphatic hydroxyl groups is 2. The topological polar surface area (TPSA) is 198 Å². The van der Waals surface area contributed by atoms with E-state index in [1.54, 1.807) is 27.7 Å². The number of nitrogens with two attached hydrogens (primary N) is 1. The third-order valence-corrected chi connectivity index (χ3v) is 10.9. The number of methoxy groups -OCH3 is 1. The van der Waals surface area contributed by atoms with E-state index in [1.807, 2.05) is 13.8 Å². The molecule has 4 N–H and O–H groups in total. The van der Waals surface area contributed by atoms with Crippen molar-refractivity contribution in [3.8, 4) is 0 Å². The summed E-state index contributed by atoms with van der Waals surface area (Å²) in [6.45, 7) is 10.3. The standard InChI is InChI=1S/C32H43NO12/c1-13(2)8-20(35)45-24-26-31-12-42-32(26,29(40)41-7)27(38)22(37)25(31)30(6)11-18(34)23(44-21(36)10-17(33)14(3)4)15(5)16(30)9-19(31)43-28(24)39/h8,14,16-17,19,22,24-27,37-38H,9-12,33H2,1-7H3/t16?,17-,19-,22-,24-,25?,26-,27+,30+,31-,32+/m1/s1. The average Bonchev–Trinajstić information content (AvgIpc) is 3.25. The molecule has 2 unspecified atom stereocenters. The van der Waals surface area contributed by atoms with Gasteiger partial charge in [-0.3, -0.25) is 9.59 Å². The Balaban J connectivity index is 1.63. The smallest absolute Gasteiger partial charge is 0.348 e. The third-order valence-electron chi connectivity index (χ3n) is 10.9. The highest BCUT2D eigenvalue weighted by Crippen LogP contribution is 2.72. The number of hydrogen-bond donors (Lipinski definition) is 3. The quantitative estimate of drug-likeness (QED) is 0.203. The average molecular weight is 634 g/mol. The molecule has 2 saturated heterocycles. The number of carbonyl (C=O) groups is 5. The summed E-state index contributed by atoms with van der Waals surface area (Å²) in [7, 11) is 1.09. The summed E-state index contributed by atoms with van der Waals surface area (Å²) in [5, 5.41) is 23.6. The second-order valence-corrected chi connectivity index (χ2v) is 14.1. The minimum atomic E-state index is -2.26. The third kappa shape index (κ3) is 4.68. The first-order valence-corrected chi connectivity index (χ1v) is 15.3. The van der Waals surface area contributed by atoms with Crippen LogP contribution in [0.5, 0.6) is 0 Å². The van der Waals surface area contributed by atoms with Gasteiger partial charge in [0.15, 0.2) is 11.5 Å². The van der Waals surface area contributed by atoms with Crippen molar-refractivity contribution in [3.05, 3.63) is 23.0 Å². The molecule has 13 nitrogen and oxygen atoms in total. The van der Waals surface area contributed by atoms with E-state index < -0.39 is 94.3 Å². The van der Waals surface area contributed by atoms with Crippen LogP contribution in [0, 0.1) is 34.5 Å². The monoisotopic (exact) mass is 633 g/mol. The molecule has 0 aromatic heterocycles. The number of ether oxygens (including phenoxy) is 5. The van der Waals surface area contributed by atoms with Gasteiger partial charge in [0.05, 0.1) is 32.2 Å². The second kappa shape index (κ2) is 11.3. The lowest BCUT2D eigenvalue weighted by Crippen LogP contribution is -2.79. The van der Waals surface area contributed by atoms with E-state index >= 15 is 0 Å². The van der Waals surface area contributed by atoms with Crippen LogP contribution in [0.25, 0.3) is 0 Å². The molecule has 4 fully saturated rings. The molecule has 2 aliphatic heterocycles. The fourth-order valence-electron chi connectivity index (χ4n) is 8.96. The van der Waals surface area contributed by atoms with E-state index in [-0.39, 0.29) is 37.5 Å². The number of carbonyl (C=O) groups excluding carboxylic acids is 5. The molecule has 0 amide bonds. The minimum Gasteiger partial charge on any atom is -0.467 e. The molecule has 3 aliphatic carbocycles. The van der Waals surface area contributed by atoms with Crippen LogP contribution in [0.1, 0.15) is 60.8 Å². The molecule has 248 valence electrons. The van der Waals surface area contributed by atoms with Crippen molar-refractivity contribution in [1.29, 1.82) is 0 Å². The molecule has 2 bridgehead atoms. The predicted molar refractivity (Wildman–Crippen MR) is 153 cm³/mol. The van der Waals surface area contributed by atoms with Gasteiger partial charge < -0.3 is 39.6 Å². The fraction of sp³-hybridized carbons (Fsp3) is 0.719. The number of Topliss-reactive ketones (excluding diaryl/α,β-unsaturated/α-hetero) is 1. The van der Waals surface area contributed by atoms with Gasteiger partial charge in [-0.25, -0.2) is 14.4 Å². The fourth-order valence-corrected chi connectivity index (χ4v) is 8.96. The zero-order valence-electron chi connectivity index (χ0n) is 26.7. The second-order valence-electron chi connectivity index (χ2n) is 14.1. The van der Waals surface area contributed by atoms with Crippen LogP contribution in [0.3, 0.4) is 0 Å². The van der Waals surface area contributed by atoms with Crippen LogP contribution in [0.4, 0.5) is 0 Å². The Morgan fingerprint density at radius 2 is 1.82 bits per heavy atom. The van der Waals surface area contributed by atoms with Gasteiger partial charge in [-0.15, -0.1) is 0 Å².